The summed E-state index contributed by atoms with van der Waals surface area (Å²) in [6.45, 7) is 0.566. The Morgan fingerprint density at radius 1 is 1.33 bits per heavy atom. The molecule has 1 aromatic rings. The van der Waals surface area contributed by atoms with Crippen LogP contribution in [0.25, 0.3) is 0 Å². The van der Waals surface area contributed by atoms with Crippen molar-refractivity contribution in [3.8, 4) is 0 Å². The van der Waals surface area contributed by atoms with Crippen LogP contribution in [0, 0.1) is 6.92 Å². The van der Waals surface area contributed by atoms with Crippen molar-refractivity contribution < 1.29 is 31.5 Å². The molecule has 0 saturated carbocycles. The molecule has 1 N–H and O–H groups in total. The summed E-state index contributed by atoms with van der Waals surface area (Å²) in [5.74, 6) is -1.30. The van der Waals surface area contributed by atoms with Crippen LogP contribution in [0.5, 0.6) is 0 Å². The van der Waals surface area contributed by atoms with Crippen molar-refractivity contribution in [1.29, 1.82) is 0 Å². The summed E-state index contributed by atoms with van der Waals surface area (Å²) in [5.41, 5.74) is -0.218. The summed E-state index contributed by atoms with van der Waals surface area (Å²) in [6.07, 6.45) is -5.75. The lowest BCUT2D eigenvalue weighted by molar-refractivity contribution is -0.135. The average Bonchev–Trinajstić information content (AvgIpc) is 2.34. The highest BCUT2D eigenvalue weighted by Crippen LogP contribution is 2.24. The molecule has 0 aromatic heterocycles. The van der Waals surface area contributed by atoms with Crippen LogP contribution in [0.3, 0.4) is 0 Å². The minimum absolute atomic E-state index is 0.0103. The number of hydrogen-bond acceptors (Lipinski definition) is 3. The van der Waals surface area contributed by atoms with E-state index in [9.17, 15) is 26.4 Å². The number of sulfonamides is 1. The summed E-state index contributed by atoms with van der Waals surface area (Å²) in [6, 6.07) is 3.63. The second-order valence-electron chi connectivity index (χ2n) is 4.43. The first-order valence-electron chi connectivity index (χ1n) is 5.83. The van der Waals surface area contributed by atoms with Gasteiger partial charge in [0.1, 0.15) is 0 Å². The number of carboxylic acid groups (broad SMARTS) is 1. The molecule has 0 fully saturated rings. The zero-order valence-electron chi connectivity index (χ0n) is 11.3. The molecule has 1 rings (SSSR count). The molecule has 0 bridgehead atoms. The first kappa shape index (κ1) is 17.4. The predicted octanol–water partition coefficient (Wildman–Crippen LogP) is 2.27. The van der Waals surface area contributed by atoms with Crippen molar-refractivity contribution in [3.63, 3.8) is 0 Å². The van der Waals surface area contributed by atoms with E-state index in [-0.39, 0.29) is 16.0 Å². The first-order valence-corrected chi connectivity index (χ1v) is 7.27. The molecule has 0 aliphatic rings. The molecule has 0 aliphatic carbocycles. The monoisotopic (exact) mass is 325 g/mol. The van der Waals surface area contributed by atoms with Crippen LogP contribution in [0.4, 0.5) is 13.2 Å². The van der Waals surface area contributed by atoms with Crippen molar-refractivity contribution in [2.75, 3.05) is 13.6 Å². The first-order chi connectivity index (χ1) is 9.47. The van der Waals surface area contributed by atoms with Gasteiger partial charge < -0.3 is 5.11 Å². The number of carboxylic acids is 1. The summed E-state index contributed by atoms with van der Waals surface area (Å²) in [4.78, 5) is 10.7. The van der Waals surface area contributed by atoms with E-state index < -0.39 is 35.1 Å². The maximum Gasteiger partial charge on any atom is 0.390 e. The number of aromatic carboxylic acids is 1. The van der Waals surface area contributed by atoms with Crippen LogP contribution in [0.15, 0.2) is 23.1 Å². The lowest BCUT2D eigenvalue weighted by atomic mass is 10.1. The molecule has 21 heavy (non-hydrogen) atoms. The molecule has 0 saturated heterocycles. The van der Waals surface area contributed by atoms with E-state index in [0.717, 1.165) is 7.05 Å². The largest absolute Gasteiger partial charge is 0.478 e. The number of hydrogen-bond donors (Lipinski definition) is 1. The van der Waals surface area contributed by atoms with Crippen LogP contribution in [-0.4, -0.2) is 43.6 Å². The molecule has 9 heteroatoms. The van der Waals surface area contributed by atoms with Gasteiger partial charge in [0.15, 0.2) is 0 Å². The highest BCUT2D eigenvalue weighted by molar-refractivity contribution is 7.89. The van der Waals surface area contributed by atoms with Crippen molar-refractivity contribution >= 4 is 16.0 Å². The number of halogens is 3. The Bertz CT molecular complexity index is 640. The molecule has 0 spiro atoms. The fourth-order valence-corrected chi connectivity index (χ4v) is 3.11. The molecular weight excluding hydrogens is 311 g/mol. The third-order valence-corrected chi connectivity index (χ3v) is 4.91. The summed E-state index contributed by atoms with van der Waals surface area (Å²) >= 11 is 0. The Morgan fingerprint density at radius 3 is 2.38 bits per heavy atom. The second kappa shape index (κ2) is 6.02. The van der Waals surface area contributed by atoms with Gasteiger partial charge in [0.05, 0.1) is 16.9 Å². The van der Waals surface area contributed by atoms with Gasteiger partial charge in [-0.05, 0) is 24.6 Å². The minimum Gasteiger partial charge on any atom is -0.478 e. The van der Waals surface area contributed by atoms with Crippen LogP contribution in [0.2, 0.25) is 0 Å². The molecule has 5 nitrogen and oxygen atoms in total. The molecule has 0 unspecified atom stereocenters. The number of benzene rings is 1. The van der Waals surface area contributed by atoms with E-state index in [1.807, 2.05) is 0 Å². The molecule has 0 atom stereocenters. The van der Waals surface area contributed by atoms with Crippen molar-refractivity contribution in [2.24, 2.45) is 0 Å². The van der Waals surface area contributed by atoms with E-state index in [1.165, 1.54) is 25.1 Å². The highest BCUT2D eigenvalue weighted by Gasteiger charge is 2.31. The third-order valence-electron chi connectivity index (χ3n) is 2.91. The molecule has 1 aromatic carbocycles. The highest BCUT2D eigenvalue weighted by atomic mass is 32.2. The van der Waals surface area contributed by atoms with Gasteiger partial charge in [-0.1, -0.05) is 6.07 Å². The summed E-state index contributed by atoms with van der Waals surface area (Å²) < 4.78 is 61.5. The Balaban J connectivity index is 3.14. The Morgan fingerprint density at radius 2 is 1.90 bits per heavy atom. The molecular formula is C12H14F3NO4S. The van der Waals surface area contributed by atoms with Crippen molar-refractivity contribution in [3.05, 3.63) is 29.3 Å². The predicted molar refractivity (Wildman–Crippen MR) is 68.6 cm³/mol. The number of nitrogens with zero attached hydrogens (tertiary/aromatic N) is 1. The summed E-state index contributed by atoms with van der Waals surface area (Å²) in [7, 11) is -3.16. The quantitative estimate of drug-likeness (QED) is 0.901. The summed E-state index contributed by atoms with van der Waals surface area (Å²) in [5, 5.41) is 8.95. The molecule has 0 heterocycles. The zero-order valence-corrected chi connectivity index (χ0v) is 12.1. The lowest BCUT2D eigenvalue weighted by Crippen LogP contribution is -2.31. The Hall–Kier alpha value is -1.61. The Labute approximate surface area is 120 Å². The average molecular weight is 325 g/mol. The van der Waals surface area contributed by atoms with E-state index in [1.54, 1.807) is 0 Å². The maximum atomic E-state index is 12.2. The zero-order chi connectivity index (χ0) is 16.4. The fourth-order valence-electron chi connectivity index (χ4n) is 1.70. The maximum absolute atomic E-state index is 12.2. The Kier molecular flexibility index (Phi) is 5.00. The van der Waals surface area contributed by atoms with E-state index in [2.05, 4.69) is 0 Å². The number of rotatable bonds is 5. The van der Waals surface area contributed by atoms with Crippen LogP contribution >= 0.6 is 0 Å². The molecule has 0 aliphatic heterocycles. The minimum atomic E-state index is -4.47. The fraction of sp³-hybridized carbons (Fsp3) is 0.417. The standard InChI is InChI=1S/C12H14F3NO4S/c1-8-9(11(17)18)4-3-5-10(8)21(19,20)16(2)7-6-12(13,14)15/h3-5H,6-7H2,1-2H3,(H,17,18). The van der Waals surface area contributed by atoms with Crippen LogP contribution in [-0.2, 0) is 10.0 Å². The van der Waals surface area contributed by atoms with Gasteiger partial charge in [-0.15, -0.1) is 0 Å². The van der Waals surface area contributed by atoms with Gasteiger partial charge >= 0.3 is 12.1 Å². The van der Waals surface area contributed by atoms with Gasteiger partial charge in [-0.25, -0.2) is 17.5 Å². The SMILES string of the molecule is Cc1c(C(=O)O)cccc1S(=O)(=O)N(C)CCC(F)(F)F. The lowest BCUT2D eigenvalue weighted by Gasteiger charge is -2.19. The smallest absolute Gasteiger partial charge is 0.390 e. The van der Waals surface area contributed by atoms with Gasteiger partial charge in [0.2, 0.25) is 10.0 Å². The molecule has 0 amide bonds. The van der Waals surface area contributed by atoms with E-state index in [4.69, 9.17) is 5.11 Å². The van der Waals surface area contributed by atoms with Crippen LogP contribution in [0.1, 0.15) is 22.3 Å². The van der Waals surface area contributed by atoms with E-state index in [0.29, 0.717) is 4.31 Å². The number of carbonyl (C=O) groups is 1. The van der Waals surface area contributed by atoms with E-state index >= 15 is 0 Å². The second-order valence-corrected chi connectivity index (χ2v) is 6.44. The number of alkyl halides is 3. The van der Waals surface area contributed by atoms with Gasteiger partial charge in [0.25, 0.3) is 0 Å². The third kappa shape index (κ3) is 4.18. The molecule has 118 valence electrons. The van der Waals surface area contributed by atoms with Crippen molar-refractivity contribution in [1.82, 2.24) is 4.31 Å². The normalized spacial score (nSPS) is 12.7. The topological polar surface area (TPSA) is 74.7 Å². The van der Waals surface area contributed by atoms with Gasteiger partial charge in [0, 0.05) is 13.6 Å². The van der Waals surface area contributed by atoms with Gasteiger partial charge in [-0.2, -0.15) is 13.2 Å². The van der Waals surface area contributed by atoms with Crippen LogP contribution < -0.4 is 0 Å². The molecule has 0 radical (unpaired) electrons. The van der Waals surface area contributed by atoms with Gasteiger partial charge in [-0.3, -0.25) is 0 Å². The van der Waals surface area contributed by atoms with Crippen molar-refractivity contribution in [2.45, 2.75) is 24.4 Å².